The lowest BCUT2D eigenvalue weighted by Crippen LogP contribution is -2.37. The molecule has 0 saturated carbocycles. The molecule has 1 unspecified atom stereocenters. The van der Waals surface area contributed by atoms with E-state index in [9.17, 15) is 9.18 Å². The number of nitrogens with two attached hydrogens (primary N) is 1. The molecule has 0 fully saturated rings. The average molecular weight is 378 g/mol. The Bertz CT molecular complexity index is 913. The van der Waals surface area contributed by atoms with E-state index >= 15 is 0 Å². The van der Waals surface area contributed by atoms with Gasteiger partial charge in [0.15, 0.2) is 0 Å². The molecule has 0 saturated heterocycles. The normalized spacial score (nSPS) is 12.0. The molecule has 0 aromatic heterocycles. The highest BCUT2D eigenvalue weighted by molar-refractivity contribution is 5.81. The fourth-order valence-electron chi connectivity index (χ4n) is 3.14. The summed E-state index contributed by atoms with van der Waals surface area (Å²) in [5.74, 6) is 0.345. The number of benzene rings is 3. The third-order valence-electron chi connectivity index (χ3n) is 4.50. The van der Waals surface area contributed by atoms with Crippen LogP contribution in [0.1, 0.15) is 24.1 Å². The molecule has 0 heterocycles. The Labute approximate surface area is 164 Å². The van der Waals surface area contributed by atoms with Crippen molar-refractivity contribution in [1.82, 2.24) is 4.90 Å². The summed E-state index contributed by atoms with van der Waals surface area (Å²) in [6.45, 7) is 3.24. The van der Waals surface area contributed by atoms with Crippen LogP contribution in [0.3, 0.4) is 0 Å². The number of hydrogen-bond acceptors (Lipinski definition) is 3. The second-order valence-electron chi connectivity index (χ2n) is 6.48. The largest absolute Gasteiger partial charge is 0.457 e. The van der Waals surface area contributed by atoms with Crippen molar-refractivity contribution in [3.63, 3.8) is 0 Å². The molecule has 3 rings (SSSR count). The van der Waals surface area contributed by atoms with Crippen LogP contribution >= 0.6 is 0 Å². The van der Waals surface area contributed by atoms with E-state index < -0.39 is 6.04 Å². The van der Waals surface area contributed by atoms with Crippen molar-refractivity contribution in [3.05, 3.63) is 95.8 Å². The molecule has 28 heavy (non-hydrogen) atoms. The predicted molar refractivity (Wildman–Crippen MR) is 107 cm³/mol. The van der Waals surface area contributed by atoms with Crippen molar-refractivity contribution >= 4 is 5.91 Å². The number of nitrogens with zero attached hydrogens (tertiary/aromatic N) is 1. The number of rotatable bonds is 8. The standard InChI is InChI=1S/C23H23FN2O2/c1-2-26(22(23(25)27)18-7-4-3-5-8-18)16-17-11-13-20(14-12-17)28-21-10-6-9-19(24)15-21/h3-15,22H,2,16H2,1H3,(H2,25,27). The molecule has 3 aromatic rings. The average Bonchev–Trinajstić information content (AvgIpc) is 2.69. The number of halogens is 1. The Morgan fingerprint density at radius 3 is 2.32 bits per heavy atom. The van der Waals surface area contributed by atoms with Gasteiger partial charge < -0.3 is 10.5 Å². The molecule has 0 aliphatic rings. The van der Waals surface area contributed by atoms with Crippen molar-refractivity contribution in [2.75, 3.05) is 6.54 Å². The fraction of sp³-hybridized carbons (Fsp3) is 0.174. The maximum absolute atomic E-state index is 13.3. The van der Waals surface area contributed by atoms with Gasteiger partial charge in [-0.15, -0.1) is 0 Å². The van der Waals surface area contributed by atoms with Crippen LogP contribution in [0.5, 0.6) is 11.5 Å². The zero-order chi connectivity index (χ0) is 19.9. The molecular formula is C23H23FN2O2. The second-order valence-corrected chi connectivity index (χ2v) is 6.48. The first-order valence-electron chi connectivity index (χ1n) is 9.17. The van der Waals surface area contributed by atoms with Gasteiger partial charge in [0.1, 0.15) is 23.4 Å². The van der Waals surface area contributed by atoms with E-state index in [0.717, 1.165) is 11.1 Å². The predicted octanol–water partition coefficient (Wildman–Crippen LogP) is 4.67. The Hall–Kier alpha value is -3.18. The molecule has 3 aromatic carbocycles. The van der Waals surface area contributed by atoms with Gasteiger partial charge in [-0.1, -0.05) is 55.5 Å². The zero-order valence-corrected chi connectivity index (χ0v) is 15.7. The Morgan fingerprint density at radius 1 is 1.00 bits per heavy atom. The van der Waals surface area contributed by atoms with Gasteiger partial charge in [0.05, 0.1) is 0 Å². The quantitative estimate of drug-likeness (QED) is 0.620. The van der Waals surface area contributed by atoms with Crippen molar-refractivity contribution in [3.8, 4) is 11.5 Å². The van der Waals surface area contributed by atoms with Crippen LogP contribution in [0.15, 0.2) is 78.9 Å². The number of amides is 1. The van der Waals surface area contributed by atoms with Gasteiger partial charge >= 0.3 is 0 Å². The molecule has 144 valence electrons. The molecule has 1 atom stereocenters. The van der Waals surface area contributed by atoms with Crippen LogP contribution in [0.2, 0.25) is 0 Å². The summed E-state index contributed by atoms with van der Waals surface area (Å²) < 4.78 is 18.9. The minimum atomic E-state index is -0.491. The highest BCUT2D eigenvalue weighted by atomic mass is 19.1. The topological polar surface area (TPSA) is 55.6 Å². The summed E-state index contributed by atoms with van der Waals surface area (Å²) in [4.78, 5) is 14.1. The molecule has 0 aliphatic heterocycles. The smallest absolute Gasteiger partial charge is 0.239 e. The number of ether oxygens (including phenoxy) is 1. The Morgan fingerprint density at radius 2 is 1.71 bits per heavy atom. The SMILES string of the molecule is CCN(Cc1ccc(Oc2cccc(F)c2)cc1)C(C(N)=O)c1ccccc1. The highest BCUT2D eigenvalue weighted by Crippen LogP contribution is 2.25. The van der Waals surface area contributed by atoms with Crippen LogP contribution < -0.4 is 10.5 Å². The van der Waals surface area contributed by atoms with E-state index in [1.54, 1.807) is 12.1 Å². The lowest BCUT2D eigenvalue weighted by molar-refractivity contribution is -0.123. The fourth-order valence-corrected chi connectivity index (χ4v) is 3.14. The molecule has 0 bridgehead atoms. The van der Waals surface area contributed by atoms with Gasteiger partial charge in [-0.3, -0.25) is 9.69 Å². The second kappa shape index (κ2) is 9.15. The molecule has 1 amide bonds. The minimum Gasteiger partial charge on any atom is -0.457 e. The number of carbonyl (C=O) groups excluding carboxylic acids is 1. The van der Waals surface area contributed by atoms with Gasteiger partial charge in [-0.2, -0.15) is 0 Å². The van der Waals surface area contributed by atoms with Gasteiger partial charge in [0.25, 0.3) is 0 Å². The van der Waals surface area contributed by atoms with Crippen molar-refractivity contribution in [2.24, 2.45) is 5.73 Å². The summed E-state index contributed by atoms with van der Waals surface area (Å²) in [7, 11) is 0. The summed E-state index contributed by atoms with van der Waals surface area (Å²) in [5.41, 5.74) is 7.59. The van der Waals surface area contributed by atoms with Gasteiger partial charge in [-0.25, -0.2) is 4.39 Å². The van der Waals surface area contributed by atoms with E-state index in [0.29, 0.717) is 24.6 Å². The Balaban J connectivity index is 1.73. The van der Waals surface area contributed by atoms with Crippen molar-refractivity contribution in [1.29, 1.82) is 0 Å². The first-order valence-corrected chi connectivity index (χ1v) is 9.17. The lowest BCUT2D eigenvalue weighted by atomic mass is 10.0. The van der Waals surface area contributed by atoms with E-state index in [1.807, 2.05) is 66.4 Å². The third-order valence-corrected chi connectivity index (χ3v) is 4.50. The molecule has 4 nitrogen and oxygen atoms in total. The van der Waals surface area contributed by atoms with E-state index in [-0.39, 0.29) is 11.7 Å². The molecule has 0 aliphatic carbocycles. The van der Waals surface area contributed by atoms with Crippen molar-refractivity contribution < 1.29 is 13.9 Å². The molecule has 0 spiro atoms. The number of hydrogen-bond donors (Lipinski definition) is 1. The number of carbonyl (C=O) groups is 1. The summed E-state index contributed by atoms with van der Waals surface area (Å²) in [5, 5.41) is 0. The van der Waals surface area contributed by atoms with Crippen LogP contribution in [0, 0.1) is 5.82 Å². The zero-order valence-electron chi connectivity index (χ0n) is 15.7. The third kappa shape index (κ3) is 4.96. The molecular weight excluding hydrogens is 355 g/mol. The van der Waals surface area contributed by atoms with Crippen LogP contribution in [-0.2, 0) is 11.3 Å². The number of likely N-dealkylation sites (N-methyl/N-ethyl adjacent to an activating group) is 1. The highest BCUT2D eigenvalue weighted by Gasteiger charge is 2.24. The first-order chi connectivity index (χ1) is 13.6. The van der Waals surface area contributed by atoms with E-state index in [1.165, 1.54) is 12.1 Å². The van der Waals surface area contributed by atoms with Gasteiger partial charge in [0, 0.05) is 12.6 Å². The monoisotopic (exact) mass is 378 g/mol. The van der Waals surface area contributed by atoms with Gasteiger partial charge in [0.2, 0.25) is 5.91 Å². The molecule has 2 N–H and O–H groups in total. The summed E-state index contributed by atoms with van der Waals surface area (Å²) >= 11 is 0. The lowest BCUT2D eigenvalue weighted by Gasteiger charge is -2.28. The van der Waals surface area contributed by atoms with Gasteiger partial charge in [-0.05, 0) is 41.9 Å². The van der Waals surface area contributed by atoms with Crippen LogP contribution in [0.4, 0.5) is 4.39 Å². The molecule has 0 radical (unpaired) electrons. The summed E-state index contributed by atoms with van der Waals surface area (Å²) in [6.07, 6.45) is 0. The van der Waals surface area contributed by atoms with Crippen LogP contribution in [0.25, 0.3) is 0 Å². The van der Waals surface area contributed by atoms with Crippen molar-refractivity contribution in [2.45, 2.75) is 19.5 Å². The number of primary amides is 1. The molecule has 5 heteroatoms. The summed E-state index contributed by atoms with van der Waals surface area (Å²) in [6, 6.07) is 22.6. The maximum Gasteiger partial charge on any atom is 0.239 e. The Kier molecular flexibility index (Phi) is 6.40. The van der Waals surface area contributed by atoms with Crippen LogP contribution in [-0.4, -0.2) is 17.4 Å². The first kappa shape index (κ1) is 19.6. The maximum atomic E-state index is 13.3. The van der Waals surface area contributed by atoms with E-state index in [4.69, 9.17) is 10.5 Å². The minimum absolute atomic E-state index is 0.342. The van der Waals surface area contributed by atoms with E-state index in [2.05, 4.69) is 0 Å².